The van der Waals surface area contributed by atoms with Gasteiger partial charge in [-0.2, -0.15) is 0 Å². The first-order chi connectivity index (χ1) is 10.2. The Hall–Kier alpha value is -1.18. The first kappa shape index (κ1) is 16.2. The molecule has 2 amide bonds. The van der Waals surface area contributed by atoms with Crippen molar-refractivity contribution in [3.8, 4) is 0 Å². The fraction of sp³-hybridized carbons (Fsp3) is 0.857. The Balaban J connectivity index is 1.66. The molecule has 0 bridgehead atoms. The number of methoxy groups -OCH3 is 1. The second-order valence-electron chi connectivity index (χ2n) is 5.48. The van der Waals surface area contributed by atoms with Gasteiger partial charge >= 0.3 is 11.8 Å². The van der Waals surface area contributed by atoms with E-state index in [-0.39, 0.29) is 12.6 Å². The van der Waals surface area contributed by atoms with Crippen LogP contribution >= 0.6 is 0 Å². The van der Waals surface area contributed by atoms with Crippen LogP contribution in [0.2, 0.25) is 0 Å². The van der Waals surface area contributed by atoms with Crippen LogP contribution in [0.3, 0.4) is 0 Å². The Labute approximate surface area is 124 Å². The zero-order valence-electron chi connectivity index (χ0n) is 12.5. The SMILES string of the molecule is COCCNC(=O)C(=O)NC[C@@H]1COC2(CCCCC2)O1. The number of amides is 2. The summed E-state index contributed by atoms with van der Waals surface area (Å²) >= 11 is 0. The van der Waals surface area contributed by atoms with E-state index in [1.165, 1.54) is 13.5 Å². The van der Waals surface area contributed by atoms with Gasteiger partial charge in [0.05, 0.1) is 13.2 Å². The highest BCUT2D eigenvalue weighted by Crippen LogP contribution is 2.37. The third-order valence-corrected chi connectivity index (χ3v) is 3.82. The van der Waals surface area contributed by atoms with Crippen LogP contribution < -0.4 is 10.6 Å². The van der Waals surface area contributed by atoms with Crippen molar-refractivity contribution in [1.82, 2.24) is 10.6 Å². The lowest BCUT2D eigenvalue weighted by atomic mass is 9.94. The molecule has 21 heavy (non-hydrogen) atoms. The summed E-state index contributed by atoms with van der Waals surface area (Å²) < 4.78 is 16.5. The van der Waals surface area contributed by atoms with Crippen LogP contribution in [0.1, 0.15) is 32.1 Å². The van der Waals surface area contributed by atoms with Crippen molar-refractivity contribution in [2.24, 2.45) is 0 Å². The number of nitrogens with one attached hydrogen (secondary N) is 2. The molecule has 1 spiro atoms. The lowest BCUT2D eigenvalue weighted by Crippen LogP contribution is -2.44. The van der Waals surface area contributed by atoms with Crippen LogP contribution in [0.15, 0.2) is 0 Å². The van der Waals surface area contributed by atoms with Crippen molar-refractivity contribution in [3.63, 3.8) is 0 Å². The summed E-state index contributed by atoms with van der Waals surface area (Å²) in [6.45, 7) is 1.44. The van der Waals surface area contributed by atoms with Crippen LogP contribution in [0.4, 0.5) is 0 Å². The summed E-state index contributed by atoms with van der Waals surface area (Å²) in [4.78, 5) is 23.1. The van der Waals surface area contributed by atoms with Crippen LogP contribution in [0, 0.1) is 0 Å². The third-order valence-electron chi connectivity index (χ3n) is 3.82. The Morgan fingerprint density at radius 2 is 1.90 bits per heavy atom. The largest absolute Gasteiger partial charge is 0.383 e. The summed E-state index contributed by atoms with van der Waals surface area (Å²) in [5.74, 6) is -1.76. The van der Waals surface area contributed by atoms with Crippen molar-refractivity contribution in [2.45, 2.75) is 44.0 Å². The first-order valence-corrected chi connectivity index (χ1v) is 7.52. The second-order valence-corrected chi connectivity index (χ2v) is 5.48. The predicted molar refractivity (Wildman–Crippen MR) is 74.5 cm³/mol. The molecular formula is C14H24N2O5. The molecule has 7 heteroatoms. The number of rotatable bonds is 5. The minimum Gasteiger partial charge on any atom is -0.383 e. The molecule has 1 heterocycles. The highest BCUT2D eigenvalue weighted by atomic mass is 16.7. The number of hydrogen-bond donors (Lipinski definition) is 2. The average Bonchev–Trinajstić information content (AvgIpc) is 2.88. The van der Waals surface area contributed by atoms with Crippen molar-refractivity contribution in [3.05, 3.63) is 0 Å². The van der Waals surface area contributed by atoms with E-state index in [0.29, 0.717) is 19.8 Å². The maximum Gasteiger partial charge on any atom is 0.309 e. The predicted octanol–water partition coefficient (Wildman–Crippen LogP) is -0.0590. The Morgan fingerprint density at radius 3 is 2.62 bits per heavy atom. The zero-order chi connectivity index (χ0) is 15.1. The topological polar surface area (TPSA) is 85.9 Å². The molecule has 7 nitrogen and oxygen atoms in total. The standard InChI is InChI=1S/C14H24N2O5/c1-19-8-7-15-12(17)13(18)16-9-11-10-20-14(21-11)5-3-2-4-6-14/h11H,2-10H2,1H3,(H,15,17)(H,16,18)/t11-/m1/s1. The van der Waals surface area contributed by atoms with E-state index < -0.39 is 17.6 Å². The zero-order valence-corrected chi connectivity index (χ0v) is 12.5. The molecule has 1 aliphatic carbocycles. The Morgan fingerprint density at radius 1 is 1.19 bits per heavy atom. The molecule has 1 saturated heterocycles. The van der Waals surface area contributed by atoms with Gasteiger partial charge in [0.25, 0.3) is 0 Å². The maximum absolute atomic E-state index is 11.6. The van der Waals surface area contributed by atoms with Gasteiger partial charge in [0.15, 0.2) is 5.79 Å². The minimum absolute atomic E-state index is 0.182. The number of carbonyl (C=O) groups is 2. The van der Waals surface area contributed by atoms with Crippen molar-refractivity contribution in [1.29, 1.82) is 0 Å². The molecule has 120 valence electrons. The molecule has 0 radical (unpaired) electrons. The highest BCUT2D eigenvalue weighted by molar-refractivity contribution is 6.35. The fourth-order valence-electron chi connectivity index (χ4n) is 2.70. The summed E-state index contributed by atoms with van der Waals surface area (Å²) in [7, 11) is 1.53. The van der Waals surface area contributed by atoms with Crippen molar-refractivity contribution in [2.75, 3.05) is 33.4 Å². The number of hydrogen-bond acceptors (Lipinski definition) is 5. The van der Waals surface area contributed by atoms with Gasteiger partial charge in [0.2, 0.25) is 0 Å². The Kier molecular flexibility index (Phi) is 5.96. The van der Waals surface area contributed by atoms with E-state index in [1.807, 2.05) is 0 Å². The van der Waals surface area contributed by atoms with Crippen molar-refractivity contribution < 1.29 is 23.8 Å². The summed E-state index contributed by atoms with van der Waals surface area (Å²) in [5.41, 5.74) is 0. The molecule has 0 unspecified atom stereocenters. The normalized spacial score (nSPS) is 24.0. The summed E-state index contributed by atoms with van der Waals surface area (Å²) in [6.07, 6.45) is 5.09. The molecule has 2 rings (SSSR count). The maximum atomic E-state index is 11.6. The van der Waals surface area contributed by atoms with Gasteiger partial charge in [-0.15, -0.1) is 0 Å². The monoisotopic (exact) mass is 300 g/mol. The van der Waals surface area contributed by atoms with Crippen LogP contribution in [0.25, 0.3) is 0 Å². The minimum atomic E-state index is -0.654. The molecule has 0 aromatic heterocycles. The average molecular weight is 300 g/mol. The molecule has 0 aromatic rings. The van der Waals surface area contributed by atoms with Crippen molar-refractivity contribution >= 4 is 11.8 Å². The smallest absolute Gasteiger partial charge is 0.309 e. The molecule has 1 saturated carbocycles. The molecule has 1 aliphatic heterocycles. The fourth-order valence-corrected chi connectivity index (χ4v) is 2.70. The van der Waals surface area contributed by atoms with Gasteiger partial charge in [-0.3, -0.25) is 9.59 Å². The van der Waals surface area contributed by atoms with Gasteiger partial charge in [0, 0.05) is 33.0 Å². The van der Waals surface area contributed by atoms with Gasteiger partial charge in [-0.25, -0.2) is 0 Å². The second kappa shape index (κ2) is 7.72. The summed E-state index contributed by atoms with van der Waals surface area (Å²) in [6, 6.07) is 0. The van der Waals surface area contributed by atoms with Gasteiger partial charge in [-0.1, -0.05) is 6.42 Å². The number of carbonyl (C=O) groups excluding carboxylic acids is 2. The first-order valence-electron chi connectivity index (χ1n) is 7.52. The molecule has 1 atom stereocenters. The quantitative estimate of drug-likeness (QED) is 0.549. The lowest BCUT2D eigenvalue weighted by Gasteiger charge is -2.31. The van der Waals surface area contributed by atoms with E-state index in [0.717, 1.165) is 25.7 Å². The van der Waals surface area contributed by atoms with E-state index in [4.69, 9.17) is 14.2 Å². The molecule has 2 fully saturated rings. The molecule has 2 aliphatic rings. The molecule has 2 N–H and O–H groups in total. The molecule has 0 aromatic carbocycles. The van der Waals surface area contributed by atoms with Gasteiger partial charge < -0.3 is 24.8 Å². The van der Waals surface area contributed by atoms with E-state index in [1.54, 1.807) is 0 Å². The van der Waals surface area contributed by atoms with E-state index in [9.17, 15) is 9.59 Å². The molecular weight excluding hydrogens is 276 g/mol. The Bertz CT molecular complexity index is 368. The summed E-state index contributed by atoms with van der Waals surface area (Å²) in [5, 5.41) is 5.04. The number of ether oxygens (including phenoxy) is 3. The van der Waals surface area contributed by atoms with Crippen LogP contribution in [-0.4, -0.2) is 57.1 Å². The highest BCUT2D eigenvalue weighted by Gasteiger charge is 2.42. The van der Waals surface area contributed by atoms with E-state index in [2.05, 4.69) is 10.6 Å². The van der Waals surface area contributed by atoms with Gasteiger partial charge in [-0.05, 0) is 12.8 Å². The van der Waals surface area contributed by atoms with Crippen LogP contribution in [0.5, 0.6) is 0 Å². The van der Waals surface area contributed by atoms with Gasteiger partial charge in [0.1, 0.15) is 6.10 Å². The lowest BCUT2D eigenvalue weighted by molar-refractivity contribution is -0.186. The van der Waals surface area contributed by atoms with Crippen LogP contribution in [-0.2, 0) is 23.8 Å². The third kappa shape index (κ3) is 4.66. The van der Waals surface area contributed by atoms with E-state index >= 15 is 0 Å².